The van der Waals surface area contributed by atoms with Crippen LogP contribution >= 0.6 is 0 Å². The lowest BCUT2D eigenvalue weighted by atomic mass is 9.84. The van der Waals surface area contributed by atoms with Gasteiger partial charge >= 0.3 is 6.36 Å². The van der Waals surface area contributed by atoms with Gasteiger partial charge in [0.1, 0.15) is 5.75 Å². The highest BCUT2D eigenvalue weighted by molar-refractivity contribution is 6.06. The number of nitrogens with one attached hydrogen (secondary N) is 2. The molecule has 0 bridgehead atoms. The summed E-state index contributed by atoms with van der Waals surface area (Å²) in [6, 6.07) is 19.0. The second-order valence-corrected chi connectivity index (χ2v) is 9.61. The molecule has 4 N–H and O–H groups in total. The van der Waals surface area contributed by atoms with Gasteiger partial charge in [0.05, 0.1) is 6.54 Å². The highest BCUT2D eigenvalue weighted by Gasteiger charge is 2.31. The number of nitrogens with zero attached hydrogens (tertiary/aromatic N) is 3. The van der Waals surface area contributed by atoms with Crippen LogP contribution in [0.1, 0.15) is 69.9 Å². The normalized spacial score (nSPS) is 14.3. The topological polar surface area (TPSA) is 133 Å². The molecule has 9 nitrogen and oxygen atoms in total. The van der Waals surface area contributed by atoms with Gasteiger partial charge in [-0.25, -0.2) is 5.53 Å². The number of amides is 2. The molecule has 3 aromatic carbocycles. The Bertz CT molecular complexity index is 1390. The van der Waals surface area contributed by atoms with Crippen LogP contribution in [0.4, 0.5) is 18.9 Å². The second kappa shape index (κ2) is 13.1. The average Bonchev–Trinajstić information content (AvgIpc) is 2.98. The Morgan fingerprint density at radius 3 is 2.10 bits per heavy atom. The van der Waals surface area contributed by atoms with Crippen molar-refractivity contribution in [3.05, 3.63) is 95.1 Å². The van der Waals surface area contributed by atoms with E-state index < -0.39 is 23.9 Å². The fraction of sp³-hybridized carbons (Fsp3) is 0.276. The van der Waals surface area contributed by atoms with Crippen molar-refractivity contribution in [2.45, 2.75) is 50.9 Å². The van der Waals surface area contributed by atoms with Crippen molar-refractivity contribution in [1.29, 1.82) is 5.53 Å². The van der Waals surface area contributed by atoms with Crippen LogP contribution in [0.25, 0.3) is 0 Å². The zero-order chi connectivity index (χ0) is 29.4. The van der Waals surface area contributed by atoms with E-state index in [1.165, 1.54) is 41.9 Å². The Morgan fingerprint density at radius 2 is 1.54 bits per heavy atom. The maximum absolute atomic E-state index is 13.6. The molecule has 4 rings (SSSR count). The largest absolute Gasteiger partial charge is 0.573 e. The molecular formula is C29H29F3N6O3. The lowest BCUT2D eigenvalue weighted by Crippen LogP contribution is -2.31. The Balaban J connectivity index is 1.58. The van der Waals surface area contributed by atoms with Crippen molar-refractivity contribution in [1.82, 2.24) is 5.32 Å². The molecule has 1 aliphatic carbocycles. The first kappa shape index (κ1) is 29.2. The van der Waals surface area contributed by atoms with Crippen molar-refractivity contribution in [3.8, 4) is 5.75 Å². The molecule has 214 valence electrons. The van der Waals surface area contributed by atoms with E-state index in [2.05, 4.69) is 20.3 Å². The Hall–Kier alpha value is -4.74. The van der Waals surface area contributed by atoms with Gasteiger partial charge in [-0.2, -0.15) is 0 Å². The second-order valence-electron chi connectivity index (χ2n) is 9.61. The van der Waals surface area contributed by atoms with Crippen LogP contribution < -0.4 is 20.8 Å². The smallest absolute Gasteiger partial charge is 0.406 e. The van der Waals surface area contributed by atoms with E-state index in [9.17, 15) is 22.8 Å². The van der Waals surface area contributed by atoms with Crippen LogP contribution in [-0.4, -0.2) is 24.1 Å². The molecule has 41 heavy (non-hydrogen) atoms. The number of guanidine groups is 1. The first-order valence-electron chi connectivity index (χ1n) is 13.0. The van der Waals surface area contributed by atoms with Gasteiger partial charge in [-0.3, -0.25) is 14.9 Å². The van der Waals surface area contributed by atoms with Crippen molar-refractivity contribution >= 4 is 23.5 Å². The molecule has 0 unspecified atom stereocenters. The van der Waals surface area contributed by atoms with Gasteiger partial charge in [0.2, 0.25) is 0 Å². The summed E-state index contributed by atoms with van der Waals surface area (Å²) in [5, 5.41) is 8.49. The van der Waals surface area contributed by atoms with Gasteiger partial charge in [-0.05, 0) is 78.4 Å². The number of hydrogen-bond donors (Lipinski definition) is 3. The zero-order valence-electron chi connectivity index (χ0n) is 22.0. The number of alkyl halides is 3. The van der Waals surface area contributed by atoms with Gasteiger partial charge in [0.25, 0.3) is 17.8 Å². The van der Waals surface area contributed by atoms with E-state index in [0.29, 0.717) is 17.2 Å². The third kappa shape index (κ3) is 7.90. The molecule has 1 fully saturated rings. The number of carbonyl (C=O) groups is 2. The van der Waals surface area contributed by atoms with Gasteiger partial charge in [-0.15, -0.1) is 23.4 Å². The van der Waals surface area contributed by atoms with Crippen LogP contribution in [0.5, 0.6) is 5.75 Å². The fourth-order valence-electron chi connectivity index (χ4n) is 4.80. The molecule has 0 heterocycles. The van der Waals surface area contributed by atoms with Gasteiger partial charge in [0, 0.05) is 16.8 Å². The molecular weight excluding hydrogens is 537 g/mol. The maximum atomic E-state index is 13.6. The Kier molecular flexibility index (Phi) is 9.33. The molecule has 0 spiro atoms. The van der Waals surface area contributed by atoms with Crippen molar-refractivity contribution in [2.75, 3.05) is 4.90 Å². The van der Waals surface area contributed by atoms with Crippen LogP contribution in [0.15, 0.2) is 83.0 Å². The van der Waals surface area contributed by atoms with Crippen molar-refractivity contribution in [2.24, 2.45) is 16.1 Å². The van der Waals surface area contributed by atoms with E-state index in [0.717, 1.165) is 25.0 Å². The summed E-state index contributed by atoms with van der Waals surface area (Å²) in [5.74, 6) is 3.80. The molecule has 0 atom stereocenters. The predicted molar refractivity (Wildman–Crippen MR) is 147 cm³/mol. The van der Waals surface area contributed by atoms with Gasteiger partial charge in [-0.1, -0.05) is 43.5 Å². The standard InChI is InChI=1S/C29H29F3N6O3/c30-29(31,32)41-25-16-12-23(13-17-25)27(40)38(24-14-10-21(11-15-24)20-4-2-1-3-5-20)18-19-6-8-22(9-7-19)26(39)35-28(36-33)37-34/h6-17,20,33H,1-5,18,34H2,(H,35,37,39). The molecule has 0 radical (unpaired) electrons. The summed E-state index contributed by atoms with van der Waals surface area (Å²) >= 11 is 0. The van der Waals surface area contributed by atoms with E-state index in [4.69, 9.17) is 11.4 Å². The third-order valence-electron chi connectivity index (χ3n) is 6.87. The van der Waals surface area contributed by atoms with Gasteiger partial charge in [0.15, 0.2) is 0 Å². The first-order chi connectivity index (χ1) is 19.7. The maximum Gasteiger partial charge on any atom is 0.573 e. The number of carbonyl (C=O) groups excluding carboxylic acids is 2. The minimum Gasteiger partial charge on any atom is -0.406 e. The molecule has 12 heteroatoms. The van der Waals surface area contributed by atoms with Crippen LogP contribution in [0.3, 0.4) is 0 Å². The summed E-state index contributed by atoms with van der Waals surface area (Å²) in [7, 11) is 0. The highest BCUT2D eigenvalue weighted by Crippen LogP contribution is 2.34. The summed E-state index contributed by atoms with van der Waals surface area (Å²) < 4.78 is 41.7. The van der Waals surface area contributed by atoms with Gasteiger partial charge < -0.3 is 15.5 Å². The fourth-order valence-corrected chi connectivity index (χ4v) is 4.80. The molecule has 0 aromatic heterocycles. The molecule has 2 amide bonds. The van der Waals surface area contributed by atoms with Crippen LogP contribution in [-0.2, 0) is 6.54 Å². The van der Waals surface area contributed by atoms with Crippen LogP contribution in [0, 0.1) is 5.53 Å². The predicted octanol–water partition coefficient (Wildman–Crippen LogP) is 6.47. The minimum absolute atomic E-state index is 0.127. The number of benzene rings is 3. The summed E-state index contributed by atoms with van der Waals surface area (Å²) in [4.78, 5) is 27.5. The monoisotopic (exact) mass is 566 g/mol. The lowest BCUT2D eigenvalue weighted by molar-refractivity contribution is -0.274. The SMILES string of the molecule is N=N/C(=N\N)NC(=O)c1ccc(CN(C(=O)c2ccc(OC(F)(F)F)cc2)c2ccc(C3CCCCC3)cc2)cc1. The number of anilines is 1. The lowest BCUT2D eigenvalue weighted by Gasteiger charge is -2.26. The van der Waals surface area contributed by atoms with Crippen molar-refractivity contribution < 1.29 is 27.5 Å². The molecule has 1 saturated carbocycles. The number of nitrogens with two attached hydrogens (primary N) is 1. The zero-order valence-corrected chi connectivity index (χ0v) is 22.0. The molecule has 1 aliphatic rings. The highest BCUT2D eigenvalue weighted by atomic mass is 19.4. The molecule has 3 aromatic rings. The third-order valence-corrected chi connectivity index (χ3v) is 6.87. The summed E-state index contributed by atoms with van der Waals surface area (Å²) in [6.07, 6.45) is 1.04. The van der Waals surface area contributed by atoms with E-state index in [-0.39, 0.29) is 23.6 Å². The molecule has 0 aliphatic heterocycles. The average molecular weight is 567 g/mol. The first-order valence-corrected chi connectivity index (χ1v) is 13.0. The number of hydrazone groups is 1. The number of ether oxygens (including phenoxy) is 1. The summed E-state index contributed by atoms with van der Waals surface area (Å²) in [5.41, 5.74) is 9.91. The number of halogens is 3. The van der Waals surface area contributed by atoms with Crippen LogP contribution in [0.2, 0.25) is 0 Å². The van der Waals surface area contributed by atoms with Crippen molar-refractivity contribution in [3.63, 3.8) is 0 Å². The number of rotatable bonds is 7. The quantitative estimate of drug-likeness (QED) is 0.0994. The number of hydrogen-bond acceptors (Lipinski definition) is 6. The van der Waals surface area contributed by atoms with E-state index in [1.54, 1.807) is 24.3 Å². The van der Waals surface area contributed by atoms with E-state index in [1.807, 2.05) is 24.3 Å². The Labute approximate surface area is 234 Å². The summed E-state index contributed by atoms with van der Waals surface area (Å²) in [6.45, 7) is 0.127. The minimum atomic E-state index is -4.84. The molecule has 0 saturated heterocycles. The van der Waals surface area contributed by atoms with E-state index >= 15 is 0 Å². The Morgan fingerprint density at radius 1 is 0.927 bits per heavy atom.